The number of benzene rings is 1. The third kappa shape index (κ3) is 3.27. The minimum atomic E-state index is -0.194. The lowest BCUT2D eigenvalue weighted by Crippen LogP contribution is -2.45. The van der Waals surface area contributed by atoms with Gasteiger partial charge in [-0.3, -0.25) is 16.1 Å². The molecule has 0 amide bonds. The second kappa shape index (κ2) is 5.76. The molecule has 18 heavy (non-hydrogen) atoms. The summed E-state index contributed by atoms with van der Waals surface area (Å²) in [5, 5.41) is 39.1. The fraction of sp³-hybridized carbons (Fsp3) is 0.273. The van der Waals surface area contributed by atoms with Crippen LogP contribution >= 0.6 is 0 Å². The highest BCUT2D eigenvalue weighted by Gasteiger charge is 2.11. The fourth-order valence-corrected chi connectivity index (χ4v) is 1.32. The number of phenols is 2. The molecule has 1 aromatic carbocycles. The summed E-state index contributed by atoms with van der Waals surface area (Å²) < 4.78 is 0. The molecule has 1 rings (SSSR count). The van der Waals surface area contributed by atoms with Crippen LogP contribution in [-0.2, 0) is 6.54 Å². The maximum Gasteiger partial charge on any atom is 0.197 e. The van der Waals surface area contributed by atoms with Gasteiger partial charge < -0.3 is 20.4 Å². The predicted molar refractivity (Wildman–Crippen MR) is 68.9 cm³/mol. The lowest BCUT2D eigenvalue weighted by molar-refractivity contribution is 0.389. The van der Waals surface area contributed by atoms with E-state index in [0.717, 1.165) is 0 Å². The van der Waals surface area contributed by atoms with E-state index in [9.17, 15) is 10.2 Å². The van der Waals surface area contributed by atoms with Crippen LogP contribution in [0.25, 0.3) is 0 Å². The molecule has 0 aliphatic carbocycles. The van der Waals surface area contributed by atoms with E-state index in [2.05, 4.69) is 10.6 Å². The Bertz CT molecular complexity index is 461. The second-order valence-electron chi connectivity index (χ2n) is 3.74. The Morgan fingerprint density at radius 1 is 1.33 bits per heavy atom. The molecule has 6 N–H and O–H groups in total. The summed E-state index contributed by atoms with van der Waals surface area (Å²) in [6, 6.07) is 4.66. The first-order valence-electron chi connectivity index (χ1n) is 5.28. The first kappa shape index (κ1) is 13.6. The molecule has 0 saturated carbocycles. The smallest absolute Gasteiger partial charge is 0.197 e. The van der Waals surface area contributed by atoms with E-state index >= 15 is 0 Å². The van der Waals surface area contributed by atoms with Gasteiger partial charge in [-0.25, -0.2) is 0 Å². The minimum Gasteiger partial charge on any atom is -0.504 e. The molecule has 0 saturated heterocycles. The van der Waals surface area contributed by atoms with Gasteiger partial charge in [0.25, 0.3) is 0 Å². The molecule has 0 spiro atoms. The first-order valence-corrected chi connectivity index (χ1v) is 5.28. The van der Waals surface area contributed by atoms with Gasteiger partial charge in [-0.15, -0.1) is 0 Å². The monoisotopic (exact) mass is 251 g/mol. The summed E-state index contributed by atoms with van der Waals surface area (Å²) in [7, 11) is 3.21. The van der Waals surface area contributed by atoms with Crippen LogP contribution in [0.15, 0.2) is 18.2 Å². The highest BCUT2D eigenvalue weighted by Crippen LogP contribution is 2.28. The number of hydrogen-bond acceptors (Lipinski definition) is 4. The van der Waals surface area contributed by atoms with Crippen molar-refractivity contribution >= 4 is 11.9 Å². The van der Waals surface area contributed by atoms with E-state index in [-0.39, 0.29) is 30.0 Å². The zero-order valence-corrected chi connectivity index (χ0v) is 10.3. The van der Waals surface area contributed by atoms with Crippen molar-refractivity contribution in [2.45, 2.75) is 6.54 Å². The summed E-state index contributed by atoms with van der Waals surface area (Å²) in [4.78, 5) is 1.50. The van der Waals surface area contributed by atoms with Gasteiger partial charge in [0.05, 0.1) is 0 Å². The van der Waals surface area contributed by atoms with E-state index in [0.29, 0.717) is 5.56 Å². The van der Waals surface area contributed by atoms with Gasteiger partial charge in [0, 0.05) is 26.2 Å². The van der Waals surface area contributed by atoms with Crippen LogP contribution in [0.4, 0.5) is 0 Å². The molecule has 0 atom stereocenters. The minimum absolute atomic E-state index is 0.00646. The highest BCUT2D eigenvalue weighted by molar-refractivity contribution is 5.95. The maximum atomic E-state index is 9.63. The zero-order chi connectivity index (χ0) is 13.7. The second-order valence-corrected chi connectivity index (χ2v) is 3.74. The number of nitrogens with one attached hydrogen (secondary N) is 4. The fourth-order valence-electron chi connectivity index (χ4n) is 1.32. The number of para-hydroxylation sites is 1. The van der Waals surface area contributed by atoms with Crippen molar-refractivity contribution in [2.75, 3.05) is 14.1 Å². The Hall–Kier alpha value is -2.44. The Balaban J connectivity index is 2.69. The zero-order valence-electron chi connectivity index (χ0n) is 10.3. The van der Waals surface area contributed by atoms with Crippen LogP contribution in [0.1, 0.15) is 5.56 Å². The maximum absolute atomic E-state index is 9.63. The van der Waals surface area contributed by atoms with Crippen LogP contribution in [0.5, 0.6) is 11.5 Å². The Kier molecular flexibility index (Phi) is 4.36. The van der Waals surface area contributed by atoms with Crippen molar-refractivity contribution in [1.82, 2.24) is 15.5 Å². The molecule has 0 fully saturated rings. The van der Waals surface area contributed by atoms with Gasteiger partial charge in [-0.2, -0.15) is 0 Å². The number of phenolic OH excluding ortho intramolecular Hbond substituents is 2. The molecule has 7 heteroatoms. The van der Waals surface area contributed by atoms with Crippen molar-refractivity contribution in [3.63, 3.8) is 0 Å². The topological polar surface area (TPSA) is 115 Å². The molecule has 0 unspecified atom stereocenters. The van der Waals surface area contributed by atoms with Crippen molar-refractivity contribution < 1.29 is 10.2 Å². The summed E-state index contributed by atoms with van der Waals surface area (Å²) in [5.74, 6) is -0.367. The summed E-state index contributed by atoms with van der Waals surface area (Å²) in [6.07, 6.45) is 0. The molecule has 98 valence electrons. The van der Waals surface area contributed by atoms with Crippen molar-refractivity contribution in [3.8, 4) is 11.5 Å². The molecular formula is C11H17N5O2. The third-order valence-electron chi connectivity index (χ3n) is 2.38. The molecular weight excluding hydrogens is 234 g/mol. The van der Waals surface area contributed by atoms with E-state index in [1.165, 1.54) is 11.0 Å². The Labute approximate surface area is 105 Å². The Morgan fingerprint density at radius 2 is 2.00 bits per heavy atom. The van der Waals surface area contributed by atoms with Gasteiger partial charge in [-0.05, 0) is 6.07 Å². The molecule has 0 radical (unpaired) electrons. The number of rotatable bonds is 2. The number of nitrogens with zero attached hydrogens (tertiary/aromatic N) is 1. The Morgan fingerprint density at radius 3 is 2.61 bits per heavy atom. The summed E-state index contributed by atoms with van der Waals surface area (Å²) in [6.45, 7) is 0.239. The van der Waals surface area contributed by atoms with Gasteiger partial charge >= 0.3 is 0 Å². The van der Waals surface area contributed by atoms with E-state index in [1.54, 1.807) is 26.2 Å². The van der Waals surface area contributed by atoms with Crippen molar-refractivity contribution in [3.05, 3.63) is 23.8 Å². The van der Waals surface area contributed by atoms with Gasteiger partial charge in [0.1, 0.15) is 0 Å². The van der Waals surface area contributed by atoms with Crippen molar-refractivity contribution in [1.29, 1.82) is 10.8 Å². The molecule has 0 heterocycles. The molecule has 7 nitrogen and oxygen atoms in total. The molecule has 1 aromatic rings. The van der Waals surface area contributed by atoms with E-state index in [4.69, 9.17) is 10.8 Å². The average molecular weight is 251 g/mol. The molecule has 0 bridgehead atoms. The third-order valence-corrected chi connectivity index (χ3v) is 2.38. The van der Waals surface area contributed by atoms with Crippen LogP contribution in [0.3, 0.4) is 0 Å². The number of hydrogen-bond donors (Lipinski definition) is 6. The van der Waals surface area contributed by atoms with Crippen LogP contribution in [-0.4, -0.2) is 41.1 Å². The van der Waals surface area contributed by atoms with Gasteiger partial charge in [0.15, 0.2) is 23.4 Å². The largest absolute Gasteiger partial charge is 0.504 e. The summed E-state index contributed by atoms with van der Waals surface area (Å²) in [5.41, 5.74) is 0.500. The predicted octanol–water partition coefficient (Wildman–Crippen LogP) is 0.208. The standard InChI is InChI=1S/C11H17N5O2/c1-14-10(12)15-11(13)16(2)6-7-4-3-5-8(17)9(7)18/h3-5,17-18H,6H2,1-2H3,(H4,12,13,14,15). The molecule has 0 aliphatic heterocycles. The highest BCUT2D eigenvalue weighted by atomic mass is 16.3. The summed E-state index contributed by atoms with van der Waals surface area (Å²) >= 11 is 0. The average Bonchev–Trinajstić information content (AvgIpc) is 2.34. The molecule has 0 aromatic heterocycles. The number of guanidine groups is 2. The lowest BCUT2D eigenvalue weighted by Gasteiger charge is -2.21. The van der Waals surface area contributed by atoms with Crippen LogP contribution in [0.2, 0.25) is 0 Å². The molecule has 0 aliphatic rings. The van der Waals surface area contributed by atoms with Crippen molar-refractivity contribution in [2.24, 2.45) is 0 Å². The van der Waals surface area contributed by atoms with Gasteiger partial charge in [0.2, 0.25) is 0 Å². The first-order chi connectivity index (χ1) is 8.45. The number of aromatic hydroxyl groups is 2. The lowest BCUT2D eigenvalue weighted by atomic mass is 10.2. The normalized spacial score (nSPS) is 9.67. The van der Waals surface area contributed by atoms with Gasteiger partial charge in [-0.1, -0.05) is 12.1 Å². The van der Waals surface area contributed by atoms with E-state index in [1.807, 2.05) is 0 Å². The van der Waals surface area contributed by atoms with Crippen LogP contribution in [0, 0.1) is 10.8 Å². The van der Waals surface area contributed by atoms with E-state index < -0.39 is 0 Å². The van der Waals surface area contributed by atoms with Crippen LogP contribution < -0.4 is 10.6 Å². The SMILES string of the molecule is CNC(=N)NC(=N)N(C)Cc1cccc(O)c1O. The quantitative estimate of drug-likeness (QED) is 0.255.